The van der Waals surface area contributed by atoms with Crippen LogP contribution in [0.1, 0.15) is 40.5 Å². The van der Waals surface area contributed by atoms with E-state index in [2.05, 4.69) is 15.7 Å². The number of hydrogen-bond acceptors (Lipinski definition) is 4. The number of aromatic nitrogens is 2. The Labute approximate surface area is 153 Å². The fraction of sp³-hybridized carbons (Fsp3) is 0.474. The smallest absolute Gasteiger partial charge is 0.272 e. The summed E-state index contributed by atoms with van der Waals surface area (Å²) in [6.45, 7) is 2.79. The van der Waals surface area contributed by atoms with Crippen molar-refractivity contribution in [2.75, 3.05) is 27.2 Å². The minimum atomic E-state index is -0.228. The molecule has 1 aromatic carbocycles. The summed E-state index contributed by atoms with van der Waals surface area (Å²) in [7, 11) is 3.79. The van der Waals surface area contributed by atoms with Crippen LogP contribution >= 0.6 is 0 Å². The molecular weight excluding hydrogens is 333 g/mol. The Balaban J connectivity index is 1.59. The van der Waals surface area contributed by atoms with Gasteiger partial charge < -0.3 is 15.5 Å². The second-order valence-corrected chi connectivity index (χ2v) is 7.03. The molecule has 1 aliphatic heterocycles. The second-order valence-electron chi connectivity index (χ2n) is 7.03. The highest BCUT2D eigenvalue weighted by Crippen LogP contribution is 2.16. The zero-order chi connectivity index (χ0) is 18.5. The van der Waals surface area contributed by atoms with Crippen LogP contribution in [0.4, 0.5) is 4.39 Å². The predicted molar refractivity (Wildman–Crippen MR) is 98.3 cm³/mol. The van der Waals surface area contributed by atoms with E-state index in [-0.39, 0.29) is 11.7 Å². The van der Waals surface area contributed by atoms with Gasteiger partial charge in [-0.1, -0.05) is 6.07 Å². The molecule has 26 heavy (non-hydrogen) atoms. The van der Waals surface area contributed by atoms with E-state index in [1.807, 2.05) is 29.9 Å². The molecule has 1 unspecified atom stereocenters. The molecule has 1 saturated heterocycles. The minimum absolute atomic E-state index is 0.217. The molecule has 1 amide bonds. The summed E-state index contributed by atoms with van der Waals surface area (Å²) in [5.74, 6) is -0.445. The Kier molecular flexibility index (Phi) is 6.00. The summed E-state index contributed by atoms with van der Waals surface area (Å²) < 4.78 is 15.7. The standard InChI is InChI=1S/C19H26FN5O/c1-24(2)13-15-10-14(5-6-17(15)20)11-22-19(26)18-7-9-25(23-18)16-4-3-8-21-12-16/h5-7,9-10,16,21H,3-4,8,11-13H2,1-2H3,(H,22,26). The zero-order valence-corrected chi connectivity index (χ0v) is 15.3. The van der Waals surface area contributed by atoms with Gasteiger partial charge in [0.1, 0.15) is 11.5 Å². The van der Waals surface area contributed by atoms with Gasteiger partial charge in [0.25, 0.3) is 5.91 Å². The first-order chi connectivity index (χ1) is 12.5. The van der Waals surface area contributed by atoms with Gasteiger partial charge in [0.2, 0.25) is 0 Å². The van der Waals surface area contributed by atoms with E-state index in [1.54, 1.807) is 18.2 Å². The number of nitrogens with zero attached hydrogens (tertiary/aromatic N) is 3. The van der Waals surface area contributed by atoms with E-state index in [0.717, 1.165) is 31.5 Å². The van der Waals surface area contributed by atoms with E-state index in [4.69, 9.17) is 0 Å². The van der Waals surface area contributed by atoms with Crippen LogP contribution in [-0.2, 0) is 13.1 Å². The number of hydrogen-bond donors (Lipinski definition) is 2. The monoisotopic (exact) mass is 359 g/mol. The molecule has 2 heterocycles. The highest BCUT2D eigenvalue weighted by atomic mass is 19.1. The molecule has 1 atom stereocenters. The van der Waals surface area contributed by atoms with Gasteiger partial charge in [-0.2, -0.15) is 5.10 Å². The van der Waals surface area contributed by atoms with Crippen molar-refractivity contribution in [3.8, 4) is 0 Å². The highest BCUT2D eigenvalue weighted by Gasteiger charge is 2.17. The van der Waals surface area contributed by atoms with Gasteiger partial charge in [0.05, 0.1) is 6.04 Å². The van der Waals surface area contributed by atoms with Crippen molar-refractivity contribution in [1.82, 2.24) is 25.3 Å². The average molecular weight is 359 g/mol. The number of benzene rings is 1. The predicted octanol–water partition coefficient (Wildman–Crippen LogP) is 1.94. The van der Waals surface area contributed by atoms with Crippen LogP contribution in [0.15, 0.2) is 30.5 Å². The molecule has 2 aromatic rings. The van der Waals surface area contributed by atoms with Gasteiger partial charge in [0.15, 0.2) is 0 Å². The van der Waals surface area contributed by atoms with Gasteiger partial charge in [-0.05, 0) is 57.2 Å². The fourth-order valence-corrected chi connectivity index (χ4v) is 3.19. The molecule has 0 spiro atoms. The first kappa shape index (κ1) is 18.5. The third kappa shape index (κ3) is 4.68. The first-order valence-corrected chi connectivity index (χ1v) is 8.99. The maximum atomic E-state index is 13.8. The number of carbonyl (C=O) groups is 1. The normalized spacial score (nSPS) is 17.5. The lowest BCUT2D eigenvalue weighted by molar-refractivity contribution is 0.0944. The molecule has 1 fully saturated rings. The summed E-state index contributed by atoms with van der Waals surface area (Å²) in [6.07, 6.45) is 4.05. The molecule has 0 radical (unpaired) electrons. The van der Waals surface area contributed by atoms with Crippen LogP contribution in [0, 0.1) is 5.82 Å². The van der Waals surface area contributed by atoms with Crippen molar-refractivity contribution < 1.29 is 9.18 Å². The van der Waals surface area contributed by atoms with Crippen LogP contribution in [0.2, 0.25) is 0 Å². The molecular formula is C19H26FN5O. The molecule has 0 aliphatic carbocycles. The lowest BCUT2D eigenvalue weighted by Crippen LogP contribution is -2.32. The molecule has 0 saturated carbocycles. The maximum absolute atomic E-state index is 13.8. The number of carbonyl (C=O) groups excluding carboxylic acids is 1. The Morgan fingerprint density at radius 1 is 1.42 bits per heavy atom. The number of piperidine rings is 1. The Hall–Kier alpha value is -2.25. The van der Waals surface area contributed by atoms with Gasteiger partial charge in [-0.25, -0.2) is 4.39 Å². The van der Waals surface area contributed by atoms with Crippen molar-refractivity contribution in [2.45, 2.75) is 32.0 Å². The molecule has 1 aliphatic rings. The zero-order valence-electron chi connectivity index (χ0n) is 15.3. The van der Waals surface area contributed by atoms with Gasteiger partial charge in [-0.3, -0.25) is 9.48 Å². The van der Waals surface area contributed by atoms with E-state index in [1.165, 1.54) is 6.07 Å². The number of amides is 1. The third-order valence-electron chi connectivity index (χ3n) is 4.54. The Morgan fingerprint density at radius 3 is 3.00 bits per heavy atom. The van der Waals surface area contributed by atoms with Crippen LogP contribution in [0.25, 0.3) is 0 Å². The van der Waals surface area contributed by atoms with Crippen LogP contribution in [-0.4, -0.2) is 47.8 Å². The van der Waals surface area contributed by atoms with E-state index in [9.17, 15) is 9.18 Å². The van der Waals surface area contributed by atoms with Crippen molar-refractivity contribution >= 4 is 5.91 Å². The highest BCUT2D eigenvalue weighted by molar-refractivity contribution is 5.92. The molecule has 7 heteroatoms. The quantitative estimate of drug-likeness (QED) is 0.827. The first-order valence-electron chi connectivity index (χ1n) is 8.99. The average Bonchev–Trinajstić information content (AvgIpc) is 3.13. The van der Waals surface area contributed by atoms with E-state index >= 15 is 0 Å². The molecule has 3 rings (SSSR count). The SMILES string of the molecule is CN(C)Cc1cc(CNC(=O)c2ccn(C3CCCNC3)n2)ccc1F. The fourth-order valence-electron chi connectivity index (χ4n) is 3.19. The van der Waals surface area contributed by atoms with E-state index < -0.39 is 0 Å². The van der Waals surface area contributed by atoms with Crippen molar-refractivity contribution in [1.29, 1.82) is 0 Å². The van der Waals surface area contributed by atoms with Crippen molar-refractivity contribution in [2.24, 2.45) is 0 Å². The minimum Gasteiger partial charge on any atom is -0.347 e. The summed E-state index contributed by atoms with van der Waals surface area (Å²) in [5, 5.41) is 10.6. The summed E-state index contributed by atoms with van der Waals surface area (Å²) in [5.41, 5.74) is 1.90. The Morgan fingerprint density at radius 2 is 2.27 bits per heavy atom. The summed E-state index contributed by atoms with van der Waals surface area (Å²) in [6, 6.07) is 6.98. The number of rotatable bonds is 6. The van der Waals surface area contributed by atoms with Crippen LogP contribution < -0.4 is 10.6 Å². The summed E-state index contributed by atoms with van der Waals surface area (Å²) >= 11 is 0. The molecule has 140 valence electrons. The van der Waals surface area contributed by atoms with Crippen LogP contribution in [0.3, 0.4) is 0 Å². The van der Waals surface area contributed by atoms with Gasteiger partial charge >= 0.3 is 0 Å². The molecule has 0 bridgehead atoms. The summed E-state index contributed by atoms with van der Waals surface area (Å²) in [4.78, 5) is 14.3. The van der Waals surface area contributed by atoms with Crippen molar-refractivity contribution in [3.63, 3.8) is 0 Å². The molecule has 2 N–H and O–H groups in total. The van der Waals surface area contributed by atoms with Crippen molar-refractivity contribution in [3.05, 3.63) is 53.1 Å². The topological polar surface area (TPSA) is 62.2 Å². The van der Waals surface area contributed by atoms with E-state index in [0.29, 0.717) is 30.4 Å². The number of halogens is 1. The number of nitrogens with one attached hydrogen (secondary N) is 2. The largest absolute Gasteiger partial charge is 0.347 e. The van der Waals surface area contributed by atoms with Gasteiger partial charge in [-0.15, -0.1) is 0 Å². The van der Waals surface area contributed by atoms with Gasteiger partial charge in [0, 0.05) is 31.4 Å². The molecule has 6 nitrogen and oxygen atoms in total. The Bertz CT molecular complexity index is 752. The lowest BCUT2D eigenvalue weighted by atomic mass is 10.1. The molecule has 1 aromatic heterocycles. The second kappa shape index (κ2) is 8.42. The third-order valence-corrected chi connectivity index (χ3v) is 4.54. The lowest BCUT2D eigenvalue weighted by Gasteiger charge is -2.22. The van der Waals surface area contributed by atoms with Crippen LogP contribution in [0.5, 0.6) is 0 Å². The maximum Gasteiger partial charge on any atom is 0.272 e.